The molecule has 0 aliphatic carbocycles. The van der Waals surface area contributed by atoms with Gasteiger partial charge in [-0.25, -0.2) is 4.98 Å². The van der Waals surface area contributed by atoms with Gasteiger partial charge in [0.05, 0.1) is 17.9 Å². The van der Waals surface area contributed by atoms with Gasteiger partial charge in [-0.1, -0.05) is 30.3 Å². The summed E-state index contributed by atoms with van der Waals surface area (Å²) in [6, 6.07) is 13.8. The first-order valence-corrected chi connectivity index (χ1v) is 7.14. The second-order valence-electron chi connectivity index (χ2n) is 5.34. The summed E-state index contributed by atoms with van der Waals surface area (Å²) in [5.74, 6) is -0.164. The van der Waals surface area contributed by atoms with Crippen molar-refractivity contribution in [3.8, 4) is 0 Å². The molecule has 0 aliphatic rings. The number of benzene rings is 1. The third kappa shape index (κ3) is 4.31. The molecule has 1 heterocycles. The van der Waals surface area contributed by atoms with E-state index in [1.54, 1.807) is 12.3 Å². The second-order valence-corrected chi connectivity index (χ2v) is 5.34. The van der Waals surface area contributed by atoms with Crippen LogP contribution in [0.25, 0.3) is 0 Å². The topological polar surface area (TPSA) is 54.0 Å². The number of hydrogen-bond donors (Lipinski definition) is 2. The Hall–Kier alpha value is -2.36. The molecule has 4 heteroatoms. The predicted octanol–water partition coefficient (Wildman–Crippen LogP) is 3.39. The number of rotatable bonds is 5. The van der Waals surface area contributed by atoms with E-state index in [1.165, 1.54) is 0 Å². The maximum absolute atomic E-state index is 12.2. The SMILES string of the molecule is CC(C)Nc1ccc(C(=O)NC(C)c2ccccc2)nc1. The van der Waals surface area contributed by atoms with E-state index in [4.69, 9.17) is 0 Å². The molecule has 1 aromatic heterocycles. The molecule has 21 heavy (non-hydrogen) atoms. The summed E-state index contributed by atoms with van der Waals surface area (Å²) in [7, 11) is 0. The monoisotopic (exact) mass is 283 g/mol. The van der Waals surface area contributed by atoms with Gasteiger partial charge in [-0.3, -0.25) is 4.79 Å². The Labute approximate surface area is 125 Å². The Balaban J connectivity index is 2.00. The van der Waals surface area contributed by atoms with Crippen molar-refractivity contribution in [2.24, 2.45) is 0 Å². The zero-order chi connectivity index (χ0) is 15.2. The van der Waals surface area contributed by atoms with Crippen LogP contribution in [0.4, 0.5) is 5.69 Å². The minimum absolute atomic E-state index is 0.0473. The average molecular weight is 283 g/mol. The van der Waals surface area contributed by atoms with Gasteiger partial charge in [0.15, 0.2) is 0 Å². The molecule has 1 atom stereocenters. The van der Waals surface area contributed by atoms with E-state index in [-0.39, 0.29) is 11.9 Å². The maximum atomic E-state index is 12.2. The van der Waals surface area contributed by atoms with Crippen molar-refractivity contribution in [3.05, 3.63) is 59.9 Å². The second kappa shape index (κ2) is 6.88. The summed E-state index contributed by atoms with van der Waals surface area (Å²) in [5.41, 5.74) is 2.41. The molecule has 0 saturated carbocycles. The number of carbonyl (C=O) groups is 1. The summed E-state index contributed by atoms with van der Waals surface area (Å²) in [5, 5.41) is 6.19. The fourth-order valence-corrected chi connectivity index (χ4v) is 2.04. The van der Waals surface area contributed by atoms with Crippen LogP contribution in [0, 0.1) is 0 Å². The number of aromatic nitrogens is 1. The number of carbonyl (C=O) groups excluding carboxylic acids is 1. The number of pyridine rings is 1. The molecular formula is C17H21N3O. The van der Waals surface area contributed by atoms with E-state index < -0.39 is 0 Å². The van der Waals surface area contributed by atoms with Gasteiger partial charge in [0.2, 0.25) is 0 Å². The van der Waals surface area contributed by atoms with Crippen LogP contribution < -0.4 is 10.6 Å². The summed E-state index contributed by atoms with van der Waals surface area (Å²) < 4.78 is 0. The fraction of sp³-hybridized carbons (Fsp3) is 0.294. The lowest BCUT2D eigenvalue weighted by molar-refractivity contribution is 0.0935. The van der Waals surface area contributed by atoms with Gasteiger partial charge in [0, 0.05) is 6.04 Å². The molecule has 1 aromatic carbocycles. The van der Waals surface area contributed by atoms with Crippen LogP contribution in [-0.2, 0) is 0 Å². The standard InChI is InChI=1S/C17H21N3O/c1-12(2)19-15-9-10-16(18-11-15)17(21)20-13(3)14-7-5-4-6-8-14/h4-13,19H,1-3H3,(H,20,21). The number of nitrogens with zero attached hydrogens (tertiary/aromatic N) is 1. The van der Waals surface area contributed by atoms with Crippen LogP contribution in [0.1, 0.15) is 42.9 Å². The lowest BCUT2D eigenvalue weighted by Gasteiger charge is -2.14. The Kier molecular flexibility index (Phi) is 4.93. The predicted molar refractivity (Wildman–Crippen MR) is 85.3 cm³/mol. The molecule has 0 radical (unpaired) electrons. The van der Waals surface area contributed by atoms with Gasteiger partial charge in [-0.15, -0.1) is 0 Å². The molecule has 0 bridgehead atoms. The quantitative estimate of drug-likeness (QED) is 0.884. The molecule has 0 fully saturated rings. The summed E-state index contributed by atoms with van der Waals surface area (Å²) in [6.07, 6.45) is 1.68. The fourth-order valence-electron chi connectivity index (χ4n) is 2.04. The number of amides is 1. The highest BCUT2D eigenvalue weighted by Crippen LogP contribution is 2.13. The van der Waals surface area contributed by atoms with Gasteiger partial charge in [0.25, 0.3) is 5.91 Å². The molecule has 0 aliphatic heterocycles. The van der Waals surface area contributed by atoms with E-state index in [9.17, 15) is 4.79 Å². The third-order valence-corrected chi connectivity index (χ3v) is 3.10. The van der Waals surface area contributed by atoms with Crippen LogP contribution in [0.3, 0.4) is 0 Å². The highest BCUT2D eigenvalue weighted by atomic mass is 16.1. The van der Waals surface area contributed by atoms with Crippen molar-refractivity contribution in [1.29, 1.82) is 0 Å². The van der Waals surface area contributed by atoms with Crippen molar-refractivity contribution < 1.29 is 4.79 Å². The normalized spacial score (nSPS) is 12.0. The molecule has 2 aromatic rings. The molecule has 4 nitrogen and oxygen atoms in total. The molecule has 0 spiro atoms. The Morgan fingerprint density at radius 3 is 2.33 bits per heavy atom. The largest absolute Gasteiger partial charge is 0.382 e. The summed E-state index contributed by atoms with van der Waals surface area (Å²) >= 11 is 0. The first-order valence-electron chi connectivity index (χ1n) is 7.14. The van der Waals surface area contributed by atoms with Gasteiger partial charge < -0.3 is 10.6 Å². The number of hydrogen-bond acceptors (Lipinski definition) is 3. The molecule has 1 unspecified atom stereocenters. The minimum atomic E-state index is -0.164. The lowest BCUT2D eigenvalue weighted by atomic mass is 10.1. The number of anilines is 1. The van der Waals surface area contributed by atoms with Crippen LogP contribution in [0.5, 0.6) is 0 Å². The first kappa shape index (κ1) is 15.0. The molecule has 2 rings (SSSR count). The Morgan fingerprint density at radius 2 is 1.76 bits per heavy atom. The van der Waals surface area contributed by atoms with Crippen LogP contribution in [0.2, 0.25) is 0 Å². The molecule has 2 N–H and O–H groups in total. The summed E-state index contributed by atoms with van der Waals surface area (Å²) in [6.45, 7) is 6.08. The third-order valence-electron chi connectivity index (χ3n) is 3.10. The zero-order valence-corrected chi connectivity index (χ0v) is 12.6. The van der Waals surface area contributed by atoms with Crippen molar-refractivity contribution in [2.45, 2.75) is 32.9 Å². The van der Waals surface area contributed by atoms with Crippen molar-refractivity contribution in [3.63, 3.8) is 0 Å². The smallest absolute Gasteiger partial charge is 0.270 e. The summed E-state index contributed by atoms with van der Waals surface area (Å²) in [4.78, 5) is 16.4. The highest BCUT2D eigenvalue weighted by Gasteiger charge is 2.12. The Morgan fingerprint density at radius 1 is 1.05 bits per heavy atom. The zero-order valence-electron chi connectivity index (χ0n) is 12.6. The molecule has 0 saturated heterocycles. The van der Waals surface area contributed by atoms with Crippen LogP contribution >= 0.6 is 0 Å². The van der Waals surface area contributed by atoms with Crippen molar-refractivity contribution in [1.82, 2.24) is 10.3 Å². The van der Waals surface area contributed by atoms with Crippen molar-refractivity contribution in [2.75, 3.05) is 5.32 Å². The van der Waals surface area contributed by atoms with Crippen LogP contribution in [-0.4, -0.2) is 16.9 Å². The van der Waals surface area contributed by atoms with E-state index >= 15 is 0 Å². The van der Waals surface area contributed by atoms with E-state index in [2.05, 4.69) is 29.5 Å². The number of nitrogens with one attached hydrogen (secondary N) is 2. The van der Waals surface area contributed by atoms with E-state index in [1.807, 2.05) is 43.3 Å². The van der Waals surface area contributed by atoms with Gasteiger partial charge >= 0.3 is 0 Å². The molecule has 110 valence electrons. The molecule has 1 amide bonds. The van der Waals surface area contributed by atoms with Crippen molar-refractivity contribution >= 4 is 11.6 Å². The average Bonchev–Trinajstić information content (AvgIpc) is 2.48. The van der Waals surface area contributed by atoms with Crippen LogP contribution in [0.15, 0.2) is 48.7 Å². The molecular weight excluding hydrogens is 262 g/mol. The first-order chi connectivity index (χ1) is 10.1. The highest BCUT2D eigenvalue weighted by molar-refractivity contribution is 5.92. The lowest BCUT2D eigenvalue weighted by Crippen LogP contribution is -2.27. The Bertz CT molecular complexity index is 579. The van der Waals surface area contributed by atoms with E-state index in [0.29, 0.717) is 11.7 Å². The maximum Gasteiger partial charge on any atom is 0.270 e. The van der Waals surface area contributed by atoms with E-state index in [0.717, 1.165) is 11.3 Å². The van der Waals surface area contributed by atoms with Gasteiger partial charge in [-0.05, 0) is 38.5 Å². The van der Waals surface area contributed by atoms with Gasteiger partial charge in [0.1, 0.15) is 5.69 Å². The van der Waals surface area contributed by atoms with Gasteiger partial charge in [-0.2, -0.15) is 0 Å². The minimum Gasteiger partial charge on any atom is -0.382 e.